The Balaban J connectivity index is 2.00. The predicted molar refractivity (Wildman–Crippen MR) is 68.3 cm³/mol. The van der Waals surface area contributed by atoms with Gasteiger partial charge in [0.05, 0.1) is 12.4 Å². The molecule has 0 amide bonds. The molecule has 1 aliphatic rings. The number of rotatable bonds is 2. The van der Waals surface area contributed by atoms with Crippen molar-refractivity contribution < 1.29 is 0 Å². The quantitative estimate of drug-likeness (QED) is 0.766. The second-order valence-corrected chi connectivity index (χ2v) is 6.24. The molecule has 2 aromatic heterocycles. The summed E-state index contributed by atoms with van der Waals surface area (Å²) in [5, 5.41) is 5.31. The predicted octanol–water partition coefficient (Wildman–Crippen LogP) is 2.75. The van der Waals surface area contributed by atoms with Gasteiger partial charge < -0.3 is 0 Å². The van der Waals surface area contributed by atoms with E-state index in [9.17, 15) is 0 Å². The van der Waals surface area contributed by atoms with Gasteiger partial charge >= 0.3 is 0 Å². The molecule has 17 heavy (non-hydrogen) atoms. The lowest BCUT2D eigenvalue weighted by Gasteiger charge is -2.41. The van der Waals surface area contributed by atoms with Crippen molar-refractivity contribution in [2.45, 2.75) is 37.8 Å². The number of aromatic nitrogens is 4. The molecule has 1 aliphatic carbocycles. The van der Waals surface area contributed by atoms with Crippen LogP contribution in [0.5, 0.6) is 0 Å². The molecular formula is C12H16N4S. The molecule has 5 heteroatoms. The van der Waals surface area contributed by atoms with Gasteiger partial charge in [0.25, 0.3) is 0 Å². The molecule has 0 aromatic carbocycles. The van der Waals surface area contributed by atoms with E-state index >= 15 is 0 Å². The van der Waals surface area contributed by atoms with Crippen LogP contribution in [0.4, 0.5) is 0 Å². The highest BCUT2D eigenvalue weighted by atomic mass is 32.2. The van der Waals surface area contributed by atoms with E-state index in [1.807, 2.05) is 23.2 Å². The van der Waals surface area contributed by atoms with Crippen molar-refractivity contribution in [3.05, 3.63) is 18.2 Å². The van der Waals surface area contributed by atoms with Crippen LogP contribution in [0, 0.1) is 5.41 Å². The summed E-state index contributed by atoms with van der Waals surface area (Å²) in [6.07, 6.45) is 8.10. The average Bonchev–Trinajstić information content (AvgIpc) is 2.67. The smallest absolute Gasteiger partial charge is 0.207 e. The van der Waals surface area contributed by atoms with Crippen molar-refractivity contribution in [1.29, 1.82) is 0 Å². The first kappa shape index (κ1) is 11.0. The van der Waals surface area contributed by atoms with E-state index in [-0.39, 0.29) is 0 Å². The molecule has 0 saturated heterocycles. The lowest BCUT2D eigenvalue weighted by molar-refractivity contribution is 0.144. The van der Waals surface area contributed by atoms with Crippen molar-refractivity contribution >= 4 is 17.3 Å². The standard InChI is InChI=1S/C12H16N4S/c1-12(2)4-8(5-12)10-13-6-9-7-14-11(17-3)15-16(9)10/h6-8H,4-5H2,1-3H3. The molecule has 0 radical (unpaired) electrons. The van der Waals surface area contributed by atoms with E-state index in [0.717, 1.165) is 16.5 Å². The number of thioether (sulfide) groups is 1. The molecule has 3 rings (SSSR count). The highest BCUT2D eigenvalue weighted by Gasteiger charge is 2.39. The van der Waals surface area contributed by atoms with Gasteiger partial charge in [-0.15, -0.1) is 5.10 Å². The summed E-state index contributed by atoms with van der Waals surface area (Å²) in [4.78, 5) is 8.77. The highest BCUT2D eigenvalue weighted by Crippen LogP contribution is 2.49. The fourth-order valence-electron chi connectivity index (χ4n) is 2.63. The third-order valence-electron chi connectivity index (χ3n) is 3.43. The first-order valence-electron chi connectivity index (χ1n) is 5.84. The zero-order chi connectivity index (χ0) is 12.0. The molecule has 0 unspecified atom stereocenters. The maximum Gasteiger partial charge on any atom is 0.207 e. The van der Waals surface area contributed by atoms with Gasteiger partial charge in [0, 0.05) is 5.92 Å². The number of imidazole rings is 1. The Morgan fingerprint density at radius 3 is 2.65 bits per heavy atom. The molecule has 1 fully saturated rings. The van der Waals surface area contributed by atoms with E-state index in [1.54, 1.807) is 11.8 Å². The number of nitrogens with zero attached hydrogens (tertiary/aromatic N) is 4. The van der Waals surface area contributed by atoms with Gasteiger partial charge in [-0.25, -0.2) is 14.5 Å². The lowest BCUT2D eigenvalue weighted by atomic mass is 9.64. The van der Waals surface area contributed by atoms with Gasteiger partial charge in [-0.1, -0.05) is 25.6 Å². The molecule has 90 valence electrons. The van der Waals surface area contributed by atoms with E-state index in [1.165, 1.54) is 12.8 Å². The van der Waals surface area contributed by atoms with Gasteiger partial charge in [-0.05, 0) is 24.5 Å². The molecule has 2 aromatic rings. The van der Waals surface area contributed by atoms with E-state index < -0.39 is 0 Å². The monoisotopic (exact) mass is 248 g/mol. The molecule has 0 N–H and O–H groups in total. The molecule has 1 saturated carbocycles. The van der Waals surface area contributed by atoms with E-state index in [4.69, 9.17) is 0 Å². The summed E-state index contributed by atoms with van der Waals surface area (Å²) < 4.78 is 1.96. The SMILES string of the molecule is CSc1ncc2cnc(C3CC(C)(C)C3)n2n1. The molecule has 0 spiro atoms. The van der Waals surface area contributed by atoms with Crippen LogP contribution in [0.25, 0.3) is 5.52 Å². The third-order valence-corrected chi connectivity index (χ3v) is 3.98. The highest BCUT2D eigenvalue weighted by molar-refractivity contribution is 7.98. The van der Waals surface area contributed by atoms with Crippen molar-refractivity contribution in [2.75, 3.05) is 6.26 Å². The Hall–Kier alpha value is -1.10. The van der Waals surface area contributed by atoms with Gasteiger partial charge in [-0.3, -0.25) is 0 Å². The second kappa shape index (κ2) is 3.70. The minimum absolute atomic E-state index is 0.464. The summed E-state index contributed by atoms with van der Waals surface area (Å²) in [7, 11) is 0. The van der Waals surface area contributed by atoms with Gasteiger partial charge in [-0.2, -0.15) is 0 Å². The Labute approximate surface area is 105 Å². The van der Waals surface area contributed by atoms with Crippen molar-refractivity contribution in [3.63, 3.8) is 0 Å². The maximum absolute atomic E-state index is 4.51. The van der Waals surface area contributed by atoms with Crippen molar-refractivity contribution in [3.8, 4) is 0 Å². The molecule has 0 aliphatic heterocycles. The summed E-state index contributed by atoms with van der Waals surface area (Å²) in [5.41, 5.74) is 1.45. The normalized spacial score (nSPS) is 19.5. The zero-order valence-corrected chi connectivity index (χ0v) is 11.2. The Morgan fingerprint density at radius 2 is 2.00 bits per heavy atom. The summed E-state index contributed by atoms with van der Waals surface area (Å²) in [6.45, 7) is 4.61. The van der Waals surface area contributed by atoms with Crippen LogP contribution in [-0.2, 0) is 0 Å². The largest absolute Gasteiger partial charge is 0.239 e. The molecular weight excluding hydrogens is 232 g/mol. The molecule has 2 heterocycles. The van der Waals surface area contributed by atoms with Crippen LogP contribution < -0.4 is 0 Å². The Morgan fingerprint density at radius 1 is 1.29 bits per heavy atom. The Bertz CT molecular complexity index is 553. The van der Waals surface area contributed by atoms with Crippen molar-refractivity contribution in [2.24, 2.45) is 5.41 Å². The van der Waals surface area contributed by atoms with Crippen LogP contribution in [-0.4, -0.2) is 25.8 Å². The second-order valence-electron chi connectivity index (χ2n) is 5.47. The number of hydrogen-bond donors (Lipinski definition) is 0. The molecule has 0 bridgehead atoms. The lowest BCUT2D eigenvalue weighted by Crippen LogP contribution is -2.31. The van der Waals surface area contributed by atoms with E-state index in [2.05, 4.69) is 28.9 Å². The van der Waals surface area contributed by atoms with Gasteiger partial charge in [0.2, 0.25) is 5.16 Å². The topological polar surface area (TPSA) is 43.1 Å². The van der Waals surface area contributed by atoms with Crippen molar-refractivity contribution in [1.82, 2.24) is 19.6 Å². The summed E-state index contributed by atoms with van der Waals surface area (Å²) in [6, 6.07) is 0. The van der Waals surface area contributed by atoms with Crippen LogP contribution in [0.1, 0.15) is 38.4 Å². The fourth-order valence-corrected chi connectivity index (χ4v) is 2.95. The summed E-state index contributed by atoms with van der Waals surface area (Å²) >= 11 is 1.56. The third kappa shape index (κ3) is 1.82. The van der Waals surface area contributed by atoms with Crippen LogP contribution in [0.3, 0.4) is 0 Å². The number of fused-ring (bicyclic) bond motifs is 1. The molecule has 0 atom stereocenters. The van der Waals surface area contributed by atoms with Crippen LogP contribution in [0.2, 0.25) is 0 Å². The first-order chi connectivity index (χ1) is 8.09. The summed E-state index contributed by atoms with van der Waals surface area (Å²) in [5.74, 6) is 1.65. The molecule has 4 nitrogen and oxygen atoms in total. The Kier molecular flexibility index (Phi) is 2.40. The van der Waals surface area contributed by atoms with Crippen LogP contribution in [0.15, 0.2) is 17.6 Å². The minimum Gasteiger partial charge on any atom is -0.239 e. The number of hydrogen-bond acceptors (Lipinski definition) is 4. The fraction of sp³-hybridized carbons (Fsp3) is 0.583. The van der Waals surface area contributed by atoms with Gasteiger partial charge in [0.1, 0.15) is 11.3 Å². The minimum atomic E-state index is 0.464. The first-order valence-corrected chi connectivity index (χ1v) is 7.06. The maximum atomic E-state index is 4.51. The van der Waals surface area contributed by atoms with Crippen LogP contribution >= 0.6 is 11.8 Å². The average molecular weight is 248 g/mol. The zero-order valence-electron chi connectivity index (χ0n) is 10.3. The van der Waals surface area contributed by atoms with Gasteiger partial charge in [0.15, 0.2) is 0 Å². The van der Waals surface area contributed by atoms with E-state index in [0.29, 0.717) is 11.3 Å².